The van der Waals surface area contributed by atoms with Crippen molar-refractivity contribution in [1.29, 1.82) is 0 Å². The molecule has 7 heteroatoms. The van der Waals surface area contributed by atoms with Crippen LogP contribution < -0.4 is 10.6 Å². The Morgan fingerprint density at radius 3 is 3.00 bits per heavy atom. The fourth-order valence-corrected chi connectivity index (χ4v) is 3.45. The van der Waals surface area contributed by atoms with Gasteiger partial charge in [0, 0.05) is 58.2 Å². The molecule has 0 saturated carbocycles. The Labute approximate surface area is 132 Å². The van der Waals surface area contributed by atoms with Gasteiger partial charge in [0.25, 0.3) is 0 Å². The van der Waals surface area contributed by atoms with Crippen molar-refractivity contribution in [2.45, 2.75) is 17.4 Å². The summed E-state index contributed by atoms with van der Waals surface area (Å²) in [6.45, 7) is 0.965. The summed E-state index contributed by atoms with van der Waals surface area (Å²) < 4.78 is 11.4. The van der Waals surface area contributed by atoms with Gasteiger partial charge in [0.05, 0.1) is 0 Å². The topological polar surface area (TPSA) is 58.2 Å². The second kappa shape index (κ2) is 8.67. The van der Waals surface area contributed by atoms with Gasteiger partial charge in [-0.05, 0) is 18.2 Å². The van der Waals surface area contributed by atoms with Crippen LogP contribution in [0, 0.1) is 0 Å². The molecule has 2 unspecified atom stereocenters. The van der Waals surface area contributed by atoms with Crippen LogP contribution in [0.25, 0.3) is 0 Å². The third kappa shape index (κ3) is 5.44. The highest BCUT2D eigenvalue weighted by molar-refractivity contribution is 7.99. The molecule has 2 rings (SSSR count). The third-order valence-corrected chi connectivity index (χ3v) is 4.93. The second-order valence-corrected chi connectivity index (χ2v) is 6.99. The quantitative estimate of drug-likeness (QED) is 0.882. The first-order chi connectivity index (χ1) is 9.15. The summed E-state index contributed by atoms with van der Waals surface area (Å²) in [5.74, 6) is 2.09. The van der Waals surface area contributed by atoms with Gasteiger partial charge in [-0.2, -0.15) is 11.8 Å². The molecule has 112 valence electrons. The van der Waals surface area contributed by atoms with Crippen molar-refractivity contribution in [2.24, 2.45) is 0 Å². The summed E-state index contributed by atoms with van der Waals surface area (Å²) >= 11 is 1.87. The van der Waals surface area contributed by atoms with Crippen LogP contribution in [-0.4, -0.2) is 40.5 Å². The molecule has 4 nitrogen and oxygen atoms in total. The number of carbonyl (C=O) groups excluding carboxylic acids is 1. The maximum absolute atomic E-state index is 11.9. The molecule has 1 amide bonds. The minimum atomic E-state index is -1.03. The molecule has 0 aromatic heterocycles. The minimum absolute atomic E-state index is 0. The number of rotatable bonds is 4. The maximum Gasteiger partial charge on any atom is 0.225 e. The van der Waals surface area contributed by atoms with Crippen molar-refractivity contribution in [3.8, 4) is 0 Å². The highest BCUT2D eigenvalue weighted by Gasteiger charge is 2.16. The molecule has 1 aromatic rings. The SMILES string of the molecule is CS(=O)c1cccc(NC(=O)CC2CSCCN2)c1.Cl. The van der Waals surface area contributed by atoms with Gasteiger partial charge in [-0.3, -0.25) is 9.00 Å². The monoisotopic (exact) mass is 334 g/mol. The van der Waals surface area contributed by atoms with Crippen molar-refractivity contribution in [1.82, 2.24) is 5.32 Å². The number of amides is 1. The van der Waals surface area contributed by atoms with Crippen LogP contribution in [0.1, 0.15) is 6.42 Å². The third-order valence-electron chi connectivity index (χ3n) is 2.88. The zero-order valence-corrected chi connectivity index (χ0v) is 13.7. The Morgan fingerprint density at radius 1 is 1.55 bits per heavy atom. The van der Waals surface area contributed by atoms with Gasteiger partial charge >= 0.3 is 0 Å². The van der Waals surface area contributed by atoms with E-state index in [9.17, 15) is 9.00 Å². The predicted molar refractivity (Wildman–Crippen MR) is 88.4 cm³/mol. The molecule has 0 bridgehead atoms. The van der Waals surface area contributed by atoms with E-state index in [-0.39, 0.29) is 24.4 Å². The highest BCUT2D eigenvalue weighted by Crippen LogP contribution is 2.15. The lowest BCUT2D eigenvalue weighted by atomic mass is 10.2. The highest BCUT2D eigenvalue weighted by atomic mass is 35.5. The number of anilines is 1. The maximum atomic E-state index is 11.9. The molecule has 2 N–H and O–H groups in total. The van der Waals surface area contributed by atoms with Gasteiger partial charge in [-0.1, -0.05) is 6.07 Å². The Morgan fingerprint density at radius 2 is 2.35 bits per heavy atom. The molecular formula is C13H19ClN2O2S2. The van der Waals surface area contributed by atoms with Gasteiger partial charge < -0.3 is 10.6 Å². The van der Waals surface area contributed by atoms with Crippen LogP contribution >= 0.6 is 24.2 Å². The Balaban J connectivity index is 0.00000200. The normalized spacial score (nSPS) is 19.8. The molecular weight excluding hydrogens is 316 g/mol. The smallest absolute Gasteiger partial charge is 0.225 e. The average molecular weight is 335 g/mol. The van der Waals surface area contributed by atoms with E-state index in [0.29, 0.717) is 12.1 Å². The van der Waals surface area contributed by atoms with Crippen molar-refractivity contribution in [3.05, 3.63) is 24.3 Å². The molecule has 0 aliphatic carbocycles. The van der Waals surface area contributed by atoms with Crippen LogP contribution in [-0.2, 0) is 15.6 Å². The summed E-state index contributed by atoms with van der Waals surface area (Å²) in [5, 5.41) is 6.20. The molecule has 0 radical (unpaired) electrons. The number of thioether (sulfide) groups is 1. The minimum Gasteiger partial charge on any atom is -0.326 e. The summed E-state index contributed by atoms with van der Waals surface area (Å²) in [6.07, 6.45) is 2.11. The van der Waals surface area contributed by atoms with Crippen molar-refractivity contribution < 1.29 is 9.00 Å². The molecule has 20 heavy (non-hydrogen) atoms. The zero-order chi connectivity index (χ0) is 13.7. The van der Waals surface area contributed by atoms with Crippen LogP contribution in [0.5, 0.6) is 0 Å². The lowest BCUT2D eigenvalue weighted by molar-refractivity contribution is -0.116. The largest absolute Gasteiger partial charge is 0.326 e. The van der Waals surface area contributed by atoms with Crippen molar-refractivity contribution >= 4 is 46.6 Å². The molecule has 1 saturated heterocycles. The number of hydrogen-bond donors (Lipinski definition) is 2. The Bertz CT molecular complexity index is 479. The van der Waals surface area contributed by atoms with E-state index in [1.807, 2.05) is 17.8 Å². The van der Waals surface area contributed by atoms with Crippen LogP contribution in [0.4, 0.5) is 5.69 Å². The second-order valence-electron chi connectivity index (χ2n) is 4.46. The van der Waals surface area contributed by atoms with E-state index in [0.717, 1.165) is 22.9 Å². The molecule has 1 fully saturated rings. The summed E-state index contributed by atoms with van der Waals surface area (Å²) in [7, 11) is -1.03. The number of carbonyl (C=O) groups is 1. The van der Waals surface area contributed by atoms with Crippen LogP contribution in [0.3, 0.4) is 0 Å². The molecule has 1 aliphatic heterocycles. The summed E-state index contributed by atoms with van der Waals surface area (Å²) in [6, 6.07) is 7.43. The summed E-state index contributed by atoms with van der Waals surface area (Å²) in [4.78, 5) is 12.7. The van der Waals surface area contributed by atoms with Crippen LogP contribution in [0.2, 0.25) is 0 Å². The van der Waals surface area contributed by atoms with Gasteiger partial charge in [0.2, 0.25) is 5.91 Å². The molecule has 2 atom stereocenters. The first-order valence-corrected chi connectivity index (χ1v) is 8.91. The van der Waals surface area contributed by atoms with Gasteiger partial charge in [0.15, 0.2) is 0 Å². The summed E-state index contributed by atoms with van der Waals surface area (Å²) in [5.41, 5.74) is 0.709. The van der Waals surface area contributed by atoms with Gasteiger partial charge in [-0.15, -0.1) is 12.4 Å². The predicted octanol–water partition coefficient (Wildman–Crippen LogP) is 1.88. The molecule has 0 spiro atoms. The average Bonchev–Trinajstić information content (AvgIpc) is 2.40. The first-order valence-electron chi connectivity index (χ1n) is 6.19. The number of halogens is 1. The molecule has 1 aliphatic rings. The van der Waals surface area contributed by atoms with E-state index in [1.54, 1.807) is 24.5 Å². The molecule has 1 aromatic carbocycles. The first kappa shape index (κ1) is 17.5. The lowest BCUT2D eigenvalue weighted by Crippen LogP contribution is -2.39. The van der Waals surface area contributed by atoms with Crippen molar-refractivity contribution in [3.63, 3.8) is 0 Å². The van der Waals surface area contributed by atoms with E-state index >= 15 is 0 Å². The Kier molecular flexibility index (Phi) is 7.58. The van der Waals surface area contributed by atoms with Gasteiger partial charge in [-0.25, -0.2) is 0 Å². The van der Waals surface area contributed by atoms with E-state index in [4.69, 9.17) is 0 Å². The fourth-order valence-electron chi connectivity index (χ4n) is 1.94. The number of hydrogen-bond acceptors (Lipinski definition) is 4. The van der Waals surface area contributed by atoms with Crippen LogP contribution in [0.15, 0.2) is 29.2 Å². The van der Waals surface area contributed by atoms with E-state index < -0.39 is 10.8 Å². The standard InChI is InChI=1S/C13H18N2O2S2.ClH/c1-19(17)12-4-2-3-10(7-12)15-13(16)8-11-9-18-6-5-14-11;/h2-4,7,11,14H,5-6,8-9H2,1H3,(H,15,16);1H. The molecule has 1 heterocycles. The van der Waals surface area contributed by atoms with Gasteiger partial charge in [0.1, 0.15) is 0 Å². The lowest BCUT2D eigenvalue weighted by Gasteiger charge is -2.22. The Hall–Kier alpha value is -0.560. The van der Waals surface area contributed by atoms with E-state index in [1.165, 1.54) is 0 Å². The fraction of sp³-hybridized carbons (Fsp3) is 0.462. The number of benzene rings is 1. The van der Waals surface area contributed by atoms with E-state index in [2.05, 4.69) is 10.6 Å². The zero-order valence-electron chi connectivity index (χ0n) is 11.3. The van der Waals surface area contributed by atoms with Crippen molar-refractivity contribution in [2.75, 3.05) is 29.6 Å². The number of nitrogens with one attached hydrogen (secondary N) is 2.